The van der Waals surface area contributed by atoms with E-state index in [1.807, 2.05) is 19.1 Å². The molecule has 0 aliphatic carbocycles. The summed E-state index contributed by atoms with van der Waals surface area (Å²) in [5, 5.41) is 18.2. The van der Waals surface area contributed by atoms with Gasteiger partial charge in [0.2, 0.25) is 0 Å². The molecule has 1 fully saturated rings. The minimum absolute atomic E-state index is 0.0144. The number of hydrogen-bond acceptors (Lipinski definition) is 5. The van der Waals surface area contributed by atoms with Crippen LogP contribution in [0.15, 0.2) is 18.2 Å². The summed E-state index contributed by atoms with van der Waals surface area (Å²) in [6.45, 7) is 3.31. The Hall–Kier alpha value is -1.17. The Morgan fingerprint density at radius 1 is 1.41 bits per heavy atom. The summed E-state index contributed by atoms with van der Waals surface area (Å²) in [7, 11) is 0. The maximum Gasteiger partial charge on any atom is 0.129 e. The predicted octanol–water partition coefficient (Wildman–Crippen LogP) is 0.160. The Labute approximate surface area is 101 Å². The Balaban J connectivity index is 2.14. The SMILES string of the molecule is CC1CN(c2cccc(CO)n2)CC(CO)O1. The number of aliphatic hydroxyl groups excluding tert-OH is 2. The number of pyridine rings is 1. The van der Waals surface area contributed by atoms with Gasteiger partial charge in [0.05, 0.1) is 31.1 Å². The van der Waals surface area contributed by atoms with Crippen LogP contribution in [0.25, 0.3) is 0 Å². The van der Waals surface area contributed by atoms with Crippen molar-refractivity contribution in [2.75, 3.05) is 24.6 Å². The van der Waals surface area contributed by atoms with E-state index in [0.717, 1.165) is 12.4 Å². The summed E-state index contributed by atoms with van der Waals surface area (Å²) < 4.78 is 5.57. The number of ether oxygens (including phenoxy) is 1. The lowest BCUT2D eigenvalue weighted by Gasteiger charge is -2.36. The van der Waals surface area contributed by atoms with E-state index in [-0.39, 0.29) is 25.4 Å². The maximum absolute atomic E-state index is 9.16. The van der Waals surface area contributed by atoms with Crippen LogP contribution in [0.1, 0.15) is 12.6 Å². The zero-order valence-corrected chi connectivity index (χ0v) is 9.91. The van der Waals surface area contributed by atoms with Crippen LogP contribution in [-0.2, 0) is 11.3 Å². The Kier molecular flexibility index (Phi) is 3.93. The molecule has 0 aromatic carbocycles. The van der Waals surface area contributed by atoms with Gasteiger partial charge in [-0.1, -0.05) is 6.07 Å². The fourth-order valence-corrected chi connectivity index (χ4v) is 2.06. The van der Waals surface area contributed by atoms with Gasteiger partial charge in [-0.05, 0) is 19.1 Å². The van der Waals surface area contributed by atoms with E-state index in [9.17, 15) is 0 Å². The van der Waals surface area contributed by atoms with Crippen LogP contribution in [0.5, 0.6) is 0 Å². The minimum atomic E-state index is -0.168. The molecule has 5 nitrogen and oxygen atoms in total. The van der Waals surface area contributed by atoms with E-state index in [0.29, 0.717) is 12.2 Å². The first-order chi connectivity index (χ1) is 8.22. The summed E-state index contributed by atoms with van der Waals surface area (Å²) in [5.74, 6) is 0.824. The van der Waals surface area contributed by atoms with Crippen molar-refractivity contribution in [3.63, 3.8) is 0 Å². The lowest BCUT2D eigenvalue weighted by atomic mass is 10.2. The standard InChI is InChI=1S/C12H18N2O3/c1-9-5-14(6-11(8-16)17-9)12-4-2-3-10(7-15)13-12/h2-4,9,11,15-16H,5-8H2,1H3. The molecule has 2 N–H and O–H groups in total. The van der Waals surface area contributed by atoms with Gasteiger partial charge in [0.25, 0.3) is 0 Å². The van der Waals surface area contributed by atoms with Crippen LogP contribution in [0.4, 0.5) is 5.82 Å². The molecule has 5 heteroatoms. The number of hydrogen-bond donors (Lipinski definition) is 2. The second kappa shape index (κ2) is 5.44. The fraction of sp³-hybridized carbons (Fsp3) is 0.583. The molecule has 1 saturated heterocycles. The lowest BCUT2D eigenvalue weighted by molar-refractivity contribution is -0.0423. The topological polar surface area (TPSA) is 65.8 Å². The Morgan fingerprint density at radius 3 is 2.94 bits per heavy atom. The summed E-state index contributed by atoms with van der Waals surface area (Å²) in [6, 6.07) is 5.57. The van der Waals surface area contributed by atoms with Gasteiger partial charge in [0.15, 0.2) is 0 Å². The summed E-state index contributed by atoms with van der Waals surface area (Å²) >= 11 is 0. The highest BCUT2D eigenvalue weighted by Crippen LogP contribution is 2.18. The summed E-state index contributed by atoms with van der Waals surface area (Å²) in [4.78, 5) is 6.43. The van der Waals surface area contributed by atoms with Crippen molar-refractivity contribution in [1.29, 1.82) is 0 Å². The van der Waals surface area contributed by atoms with Gasteiger partial charge in [-0.2, -0.15) is 0 Å². The van der Waals surface area contributed by atoms with Crippen molar-refractivity contribution in [3.8, 4) is 0 Å². The van der Waals surface area contributed by atoms with Gasteiger partial charge in [-0.3, -0.25) is 0 Å². The van der Waals surface area contributed by atoms with Crippen LogP contribution >= 0.6 is 0 Å². The fourth-order valence-electron chi connectivity index (χ4n) is 2.06. The van der Waals surface area contributed by atoms with Crippen LogP contribution in [-0.4, -0.2) is 47.1 Å². The third-order valence-electron chi connectivity index (χ3n) is 2.81. The first-order valence-electron chi connectivity index (χ1n) is 5.81. The smallest absolute Gasteiger partial charge is 0.129 e. The Bertz CT molecular complexity index is 373. The third kappa shape index (κ3) is 2.94. The van der Waals surface area contributed by atoms with Gasteiger partial charge in [-0.15, -0.1) is 0 Å². The van der Waals surface area contributed by atoms with Crippen LogP contribution in [0.3, 0.4) is 0 Å². The molecule has 2 rings (SSSR count). The third-order valence-corrected chi connectivity index (χ3v) is 2.81. The highest BCUT2D eigenvalue weighted by atomic mass is 16.5. The molecule has 2 heterocycles. The molecule has 0 spiro atoms. The number of anilines is 1. The molecule has 94 valence electrons. The van der Waals surface area contributed by atoms with Crippen molar-refractivity contribution < 1.29 is 14.9 Å². The normalized spacial score (nSPS) is 25.0. The minimum Gasteiger partial charge on any atom is -0.394 e. The van der Waals surface area contributed by atoms with Gasteiger partial charge in [0, 0.05) is 13.1 Å². The monoisotopic (exact) mass is 238 g/mol. The second-order valence-corrected chi connectivity index (χ2v) is 4.30. The number of aliphatic hydroxyl groups is 2. The van der Waals surface area contributed by atoms with Crippen molar-refractivity contribution in [2.24, 2.45) is 0 Å². The van der Waals surface area contributed by atoms with Gasteiger partial charge in [-0.25, -0.2) is 4.98 Å². The molecule has 0 bridgehead atoms. The number of nitrogens with zero attached hydrogens (tertiary/aromatic N) is 2. The molecule has 0 saturated carbocycles. The van der Waals surface area contributed by atoms with E-state index < -0.39 is 0 Å². The number of aromatic nitrogens is 1. The molecule has 2 unspecified atom stereocenters. The molecule has 0 radical (unpaired) electrons. The first kappa shape index (κ1) is 12.3. The van der Waals surface area contributed by atoms with E-state index in [4.69, 9.17) is 14.9 Å². The molecule has 1 aliphatic heterocycles. The van der Waals surface area contributed by atoms with E-state index in [1.54, 1.807) is 6.07 Å². The van der Waals surface area contributed by atoms with Crippen LogP contribution < -0.4 is 4.90 Å². The predicted molar refractivity (Wildman–Crippen MR) is 63.8 cm³/mol. The molecule has 1 aliphatic rings. The van der Waals surface area contributed by atoms with Gasteiger partial charge >= 0.3 is 0 Å². The average molecular weight is 238 g/mol. The largest absolute Gasteiger partial charge is 0.394 e. The molecule has 1 aromatic heterocycles. The second-order valence-electron chi connectivity index (χ2n) is 4.30. The highest BCUT2D eigenvalue weighted by Gasteiger charge is 2.25. The molecular formula is C12H18N2O3. The quantitative estimate of drug-likeness (QED) is 0.785. The number of morpholine rings is 1. The maximum atomic E-state index is 9.16. The van der Waals surface area contributed by atoms with Crippen LogP contribution in [0, 0.1) is 0 Å². The zero-order valence-electron chi connectivity index (χ0n) is 9.91. The summed E-state index contributed by atoms with van der Waals surface area (Å²) in [6.07, 6.45) is -0.0983. The van der Waals surface area contributed by atoms with E-state index in [1.165, 1.54) is 0 Å². The van der Waals surface area contributed by atoms with Crippen molar-refractivity contribution in [3.05, 3.63) is 23.9 Å². The first-order valence-corrected chi connectivity index (χ1v) is 5.81. The molecule has 2 atom stereocenters. The number of rotatable bonds is 3. The van der Waals surface area contributed by atoms with Crippen LogP contribution in [0.2, 0.25) is 0 Å². The highest BCUT2D eigenvalue weighted by molar-refractivity contribution is 5.40. The molecular weight excluding hydrogens is 220 g/mol. The van der Waals surface area contributed by atoms with Crippen molar-refractivity contribution >= 4 is 5.82 Å². The van der Waals surface area contributed by atoms with E-state index >= 15 is 0 Å². The summed E-state index contributed by atoms with van der Waals surface area (Å²) in [5.41, 5.74) is 0.655. The Morgan fingerprint density at radius 2 is 2.24 bits per heavy atom. The zero-order chi connectivity index (χ0) is 12.3. The lowest BCUT2D eigenvalue weighted by Crippen LogP contribution is -2.48. The van der Waals surface area contributed by atoms with Crippen molar-refractivity contribution in [2.45, 2.75) is 25.7 Å². The molecule has 1 aromatic rings. The average Bonchev–Trinajstić information content (AvgIpc) is 2.38. The van der Waals surface area contributed by atoms with Crippen molar-refractivity contribution in [1.82, 2.24) is 4.98 Å². The van der Waals surface area contributed by atoms with E-state index in [2.05, 4.69) is 9.88 Å². The van der Waals surface area contributed by atoms with Gasteiger partial charge < -0.3 is 19.8 Å². The molecule has 17 heavy (non-hydrogen) atoms. The molecule has 0 amide bonds. The van der Waals surface area contributed by atoms with Gasteiger partial charge in [0.1, 0.15) is 5.82 Å².